The highest BCUT2D eigenvalue weighted by Crippen LogP contribution is 2.26. The van der Waals surface area contributed by atoms with Gasteiger partial charge in [-0.3, -0.25) is 4.79 Å². The normalized spacial score (nSPS) is 25.1. The number of nitrogens with zero attached hydrogens (tertiary/aromatic N) is 2. The van der Waals surface area contributed by atoms with E-state index < -0.39 is 34.0 Å². The summed E-state index contributed by atoms with van der Waals surface area (Å²) in [5, 5.41) is 21.8. The lowest BCUT2D eigenvalue weighted by atomic mass is 9.83. The zero-order valence-electron chi connectivity index (χ0n) is 12.0. The fourth-order valence-electron chi connectivity index (χ4n) is 2.33. The highest BCUT2D eigenvalue weighted by atomic mass is 32.2. The molecule has 8 nitrogen and oxygen atoms in total. The number of ketones is 1. The van der Waals surface area contributed by atoms with E-state index >= 15 is 0 Å². The molecule has 0 heterocycles. The van der Waals surface area contributed by atoms with Crippen molar-refractivity contribution < 1.29 is 18.3 Å². The van der Waals surface area contributed by atoms with E-state index in [9.17, 15) is 23.2 Å². The molecular weight excluding hydrogens is 322 g/mol. The van der Waals surface area contributed by atoms with Gasteiger partial charge in [-0.1, -0.05) is 23.4 Å². The number of carbonyl (C=O) groups excluding carboxylic acids is 1. The van der Waals surface area contributed by atoms with Crippen LogP contribution in [0.1, 0.15) is 6.92 Å². The highest BCUT2D eigenvalue weighted by molar-refractivity contribution is 7.89. The average molecular weight is 335 g/mol. The zero-order chi connectivity index (χ0) is 17.2. The number of aliphatic hydroxyl groups excluding tert-OH is 1. The summed E-state index contributed by atoms with van der Waals surface area (Å²) in [5.74, 6) is -0.892. The Morgan fingerprint density at radius 3 is 2.43 bits per heavy atom. The Hall–Kier alpha value is -2.41. The van der Waals surface area contributed by atoms with Gasteiger partial charge in [-0.15, -0.1) is 0 Å². The van der Waals surface area contributed by atoms with Crippen LogP contribution in [0.5, 0.6) is 0 Å². The maximum atomic E-state index is 12.3. The van der Waals surface area contributed by atoms with Gasteiger partial charge in [-0.05, 0) is 24.6 Å². The van der Waals surface area contributed by atoms with Gasteiger partial charge in [0.15, 0.2) is 5.78 Å². The Balaban J connectivity index is 2.42. The van der Waals surface area contributed by atoms with Crippen molar-refractivity contribution in [3.63, 3.8) is 0 Å². The van der Waals surface area contributed by atoms with Crippen LogP contribution in [0.4, 0.5) is 0 Å². The maximum absolute atomic E-state index is 12.3. The van der Waals surface area contributed by atoms with Crippen molar-refractivity contribution in [3.8, 4) is 6.07 Å². The molecule has 0 aromatic heterocycles. The van der Waals surface area contributed by atoms with E-state index in [0.717, 1.165) is 0 Å². The number of nitriles is 1. The maximum Gasteiger partial charge on any atom is 0.241 e. The number of nitrogens with one attached hydrogen (secondary N) is 1. The third-order valence-electron chi connectivity index (χ3n) is 3.59. The number of hydrogen-bond acceptors (Lipinski definition) is 7. The number of nitroso groups, excluding NO2 is 1. The van der Waals surface area contributed by atoms with Crippen LogP contribution in [-0.4, -0.2) is 37.5 Å². The van der Waals surface area contributed by atoms with Crippen LogP contribution in [0, 0.1) is 16.2 Å². The number of aliphatic hydroxyl groups is 1. The van der Waals surface area contributed by atoms with E-state index in [0.29, 0.717) is 0 Å². The molecule has 2 N–H and O–H groups in total. The van der Waals surface area contributed by atoms with Crippen molar-refractivity contribution >= 4 is 15.8 Å². The third kappa shape index (κ3) is 3.05. The summed E-state index contributed by atoms with van der Waals surface area (Å²) in [6, 6.07) is 5.83. The van der Waals surface area contributed by atoms with Crippen molar-refractivity contribution in [2.24, 2.45) is 5.18 Å². The standard InChI is InChI=1S/C14H13N3O5S/c1-8-10(7-15)13(18)12(14(19)11(8)16-20)17-23(21,22)9-5-3-2-4-6-9/h2-6,11-12,14,17,19H,1H3. The number of carbonyl (C=O) groups is 1. The van der Waals surface area contributed by atoms with Gasteiger partial charge in [0.25, 0.3) is 0 Å². The van der Waals surface area contributed by atoms with Crippen LogP contribution in [0.2, 0.25) is 0 Å². The Morgan fingerprint density at radius 1 is 1.30 bits per heavy atom. The summed E-state index contributed by atoms with van der Waals surface area (Å²) in [5.41, 5.74) is -0.351. The summed E-state index contributed by atoms with van der Waals surface area (Å²) < 4.78 is 26.6. The largest absolute Gasteiger partial charge is 0.388 e. The molecular formula is C14H13N3O5S. The number of hydrogen-bond donors (Lipinski definition) is 2. The number of benzene rings is 1. The van der Waals surface area contributed by atoms with Gasteiger partial charge in [0.1, 0.15) is 24.3 Å². The molecule has 0 saturated carbocycles. The number of Topliss-reactive ketones (excluding diaryl/α,β-unsaturated/α-hetero) is 1. The zero-order valence-corrected chi connectivity index (χ0v) is 12.8. The fraction of sp³-hybridized carbons (Fsp3) is 0.286. The van der Waals surface area contributed by atoms with Crippen molar-refractivity contribution in [2.75, 3.05) is 0 Å². The van der Waals surface area contributed by atoms with Gasteiger partial charge in [0, 0.05) is 0 Å². The molecule has 1 aromatic rings. The molecule has 0 aliphatic heterocycles. The topological polar surface area (TPSA) is 137 Å². The fourth-order valence-corrected chi connectivity index (χ4v) is 3.57. The molecule has 0 amide bonds. The van der Waals surface area contributed by atoms with Gasteiger partial charge >= 0.3 is 0 Å². The van der Waals surface area contributed by atoms with Crippen LogP contribution in [0.25, 0.3) is 0 Å². The first kappa shape index (κ1) is 17.0. The predicted molar refractivity (Wildman–Crippen MR) is 79.5 cm³/mol. The molecule has 0 saturated heterocycles. The van der Waals surface area contributed by atoms with Crippen molar-refractivity contribution in [1.82, 2.24) is 4.72 Å². The molecule has 23 heavy (non-hydrogen) atoms. The van der Waals surface area contributed by atoms with E-state index in [-0.39, 0.29) is 16.0 Å². The summed E-state index contributed by atoms with van der Waals surface area (Å²) in [4.78, 5) is 23.0. The van der Waals surface area contributed by atoms with Crippen LogP contribution >= 0.6 is 0 Å². The van der Waals surface area contributed by atoms with E-state index in [1.165, 1.54) is 31.2 Å². The molecule has 3 unspecified atom stereocenters. The van der Waals surface area contributed by atoms with E-state index in [1.807, 2.05) is 4.72 Å². The molecule has 0 fully saturated rings. The second-order valence-corrected chi connectivity index (χ2v) is 6.70. The summed E-state index contributed by atoms with van der Waals surface area (Å²) in [7, 11) is -4.11. The quantitative estimate of drug-likeness (QED) is 0.757. The molecule has 0 radical (unpaired) electrons. The van der Waals surface area contributed by atoms with Crippen molar-refractivity contribution in [2.45, 2.75) is 30.0 Å². The van der Waals surface area contributed by atoms with Crippen LogP contribution in [-0.2, 0) is 14.8 Å². The van der Waals surface area contributed by atoms with Crippen molar-refractivity contribution in [1.29, 1.82) is 5.26 Å². The summed E-state index contributed by atoms with van der Waals surface area (Å²) in [6.07, 6.45) is -1.68. The second-order valence-electron chi connectivity index (χ2n) is 4.99. The van der Waals surface area contributed by atoms with Gasteiger partial charge < -0.3 is 5.11 Å². The molecule has 1 aliphatic carbocycles. The molecule has 1 aromatic carbocycles. The smallest absolute Gasteiger partial charge is 0.241 e. The van der Waals surface area contributed by atoms with Gasteiger partial charge in [0.2, 0.25) is 10.0 Å². The predicted octanol–water partition coefficient (Wildman–Crippen LogP) is 0.252. The minimum absolute atomic E-state index is 0.0233. The third-order valence-corrected chi connectivity index (χ3v) is 5.05. The lowest BCUT2D eigenvalue weighted by molar-refractivity contribution is -0.120. The van der Waals surface area contributed by atoms with E-state index in [1.54, 1.807) is 12.1 Å². The first-order valence-corrected chi connectivity index (χ1v) is 8.04. The average Bonchev–Trinajstić information content (AvgIpc) is 2.53. The SMILES string of the molecule is CC1=C(C#N)C(=O)C(NS(=O)(=O)c2ccccc2)C(O)C1N=O. The van der Waals surface area contributed by atoms with E-state index in [2.05, 4.69) is 5.18 Å². The molecule has 0 bridgehead atoms. The number of rotatable bonds is 4. The van der Waals surface area contributed by atoms with Gasteiger partial charge in [0.05, 0.1) is 10.5 Å². The Bertz CT molecular complexity index is 811. The Labute approximate surface area is 132 Å². The Kier molecular flexibility index (Phi) is 4.70. The number of sulfonamides is 1. The van der Waals surface area contributed by atoms with Crippen LogP contribution < -0.4 is 4.72 Å². The molecule has 2 rings (SSSR count). The summed E-state index contributed by atoms with van der Waals surface area (Å²) >= 11 is 0. The van der Waals surface area contributed by atoms with E-state index in [4.69, 9.17) is 5.26 Å². The minimum Gasteiger partial charge on any atom is -0.388 e. The molecule has 9 heteroatoms. The summed E-state index contributed by atoms with van der Waals surface area (Å²) in [6.45, 7) is 1.33. The monoisotopic (exact) mass is 335 g/mol. The van der Waals surface area contributed by atoms with Gasteiger partial charge in [-0.25, -0.2) is 8.42 Å². The van der Waals surface area contributed by atoms with Crippen LogP contribution in [0.3, 0.4) is 0 Å². The van der Waals surface area contributed by atoms with Gasteiger partial charge in [-0.2, -0.15) is 14.9 Å². The minimum atomic E-state index is -4.11. The Morgan fingerprint density at radius 2 is 1.91 bits per heavy atom. The van der Waals surface area contributed by atoms with Crippen LogP contribution in [0.15, 0.2) is 51.6 Å². The molecule has 3 atom stereocenters. The lowest BCUT2D eigenvalue weighted by Crippen LogP contribution is -2.56. The highest BCUT2D eigenvalue weighted by Gasteiger charge is 2.44. The first-order valence-electron chi connectivity index (χ1n) is 6.56. The van der Waals surface area contributed by atoms with Crippen molar-refractivity contribution in [3.05, 3.63) is 46.4 Å². The molecule has 120 valence electrons. The lowest BCUT2D eigenvalue weighted by Gasteiger charge is -2.30. The first-order chi connectivity index (χ1) is 10.8. The second kappa shape index (κ2) is 6.37. The molecule has 0 spiro atoms. The molecule has 1 aliphatic rings.